The first-order chi connectivity index (χ1) is 7.20. The predicted octanol–water partition coefficient (Wildman–Crippen LogP) is 1.24. The number of rotatable bonds is 1. The van der Waals surface area contributed by atoms with Crippen LogP contribution in [-0.2, 0) is 0 Å². The molecule has 15 heavy (non-hydrogen) atoms. The van der Waals surface area contributed by atoms with Gasteiger partial charge in [0, 0.05) is 18.6 Å². The predicted molar refractivity (Wildman–Crippen MR) is 56.4 cm³/mol. The van der Waals surface area contributed by atoms with Gasteiger partial charge in [0.1, 0.15) is 5.69 Å². The van der Waals surface area contributed by atoms with Crippen LogP contribution < -0.4 is 5.73 Å². The molecule has 0 spiro atoms. The van der Waals surface area contributed by atoms with Gasteiger partial charge < -0.3 is 5.73 Å². The molecule has 0 atom stereocenters. The summed E-state index contributed by atoms with van der Waals surface area (Å²) in [5.41, 5.74) is 5.19. The smallest absolute Gasteiger partial charge is 0.266 e. The van der Waals surface area contributed by atoms with E-state index in [1.807, 2.05) is 0 Å². The summed E-state index contributed by atoms with van der Waals surface area (Å²) in [4.78, 5) is 14.0. The van der Waals surface area contributed by atoms with Crippen LogP contribution in [0.15, 0.2) is 36.8 Å². The number of carbonyl (C=O) groups is 1. The van der Waals surface area contributed by atoms with Crippen molar-refractivity contribution in [1.29, 1.82) is 0 Å². The number of aromatic amines is 1. The Morgan fingerprint density at radius 3 is 2.47 bits per heavy atom. The fourth-order valence-electron chi connectivity index (χ4n) is 0.735. The van der Waals surface area contributed by atoms with Gasteiger partial charge in [-0.15, -0.1) is 0 Å². The number of amides is 1. The van der Waals surface area contributed by atoms with Crippen LogP contribution in [0.2, 0.25) is 5.02 Å². The van der Waals surface area contributed by atoms with Gasteiger partial charge in [-0.25, -0.2) is 0 Å². The molecule has 0 unspecified atom stereocenters. The fraction of sp³-hybridized carbons (Fsp3) is 0. The lowest BCUT2D eigenvalue weighted by atomic mass is 10.4. The Balaban J connectivity index is 0.000000151. The van der Waals surface area contributed by atoms with Gasteiger partial charge in [0.15, 0.2) is 0 Å². The number of H-pyrrole nitrogens is 1. The Morgan fingerprint density at radius 1 is 1.40 bits per heavy atom. The zero-order valence-corrected chi connectivity index (χ0v) is 8.48. The van der Waals surface area contributed by atoms with E-state index in [9.17, 15) is 4.79 Å². The van der Waals surface area contributed by atoms with Crippen molar-refractivity contribution < 1.29 is 4.79 Å². The van der Waals surface area contributed by atoms with Crippen molar-refractivity contribution in [3.05, 3.63) is 47.5 Å². The highest BCUT2D eigenvalue weighted by molar-refractivity contribution is 6.30. The summed E-state index contributed by atoms with van der Waals surface area (Å²) in [6.07, 6.45) is 4.76. The third-order valence-electron chi connectivity index (χ3n) is 1.39. The van der Waals surface area contributed by atoms with Gasteiger partial charge in [-0.1, -0.05) is 11.6 Å². The van der Waals surface area contributed by atoms with Crippen LogP contribution in [0, 0.1) is 0 Å². The first-order valence-electron chi connectivity index (χ1n) is 4.05. The van der Waals surface area contributed by atoms with E-state index >= 15 is 0 Å². The molecule has 0 fully saturated rings. The van der Waals surface area contributed by atoms with Crippen molar-refractivity contribution in [2.75, 3.05) is 0 Å². The molecule has 0 aliphatic rings. The van der Waals surface area contributed by atoms with E-state index in [0.29, 0.717) is 10.7 Å². The Morgan fingerprint density at radius 2 is 2.20 bits per heavy atom. The van der Waals surface area contributed by atoms with Crippen molar-refractivity contribution in [3.8, 4) is 0 Å². The molecule has 1 amide bonds. The quantitative estimate of drug-likeness (QED) is 0.764. The number of hydrogen-bond donors (Lipinski definition) is 2. The van der Waals surface area contributed by atoms with Gasteiger partial charge in [-0.05, 0) is 18.2 Å². The van der Waals surface area contributed by atoms with E-state index in [2.05, 4.69) is 15.2 Å². The Hall–Kier alpha value is -1.88. The SMILES string of the molecule is Clc1cccnc1.NC(=O)c1ccn[nH]1. The Labute approximate surface area is 91.3 Å². The van der Waals surface area contributed by atoms with Crippen molar-refractivity contribution in [2.45, 2.75) is 0 Å². The van der Waals surface area contributed by atoms with E-state index < -0.39 is 5.91 Å². The van der Waals surface area contributed by atoms with Crippen LogP contribution in [0.1, 0.15) is 10.5 Å². The third kappa shape index (κ3) is 4.24. The van der Waals surface area contributed by atoms with Crippen molar-refractivity contribution >= 4 is 17.5 Å². The molecule has 0 aromatic carbocycles. The average molecular weight is 225 g/mol. The van der Waals surface area contributed by atoms with Gasteiger partial charge in [-0.3, -0.25) is 14.9 Å². The van der Waals surface area contributed by atoms with Crippen LogP contribution in [0.3, 0.4) is 0 Å². The van der Waals surface area contributed by atoms with E-state index in [-0.39, 0.29) is 0 Å². The summed E-state index contributed by atoms with van der Waals surface area (Å²) in [6, 6.07) is 5.10. The minimum absolute atomic E-state index is 0.338. The van der Waals surface area contributed by atoms with Gasteiger partial charge in [0.2, 0.25) is 0 Å². The Kier molecular flexibility index (Phi) is 4.30. The standard InChI is InChI=1S/C5H4ClN.C4H5N3O/c6-5-2-1-3-7-4-5;5-4(8)3-1-2-6-7-3/h1-4H;1-2H,(H2,5,8)(H,6,7). The molecule has 0 aliphatic carbocycles. The first-order valence-corrected chi connectivity index (χ1v) is 4.42. The van der Waals surface area contributed by atoms with E-state index in [0.717, 1.165) is 0 Å². The van der Waals surface area contributed by atoms with Crippen molar-refractivity contribution in [3.63, 3.8) is 0 Å². The van der Waals surface area contributed by atoms with Gasteiger partial charge in [-0.2, -0.15) is 5.10 Å². The molecule has 0 radical (unpaired) electrons. The highest BCUT2D eigenvalue weighted by atomic mass is 35.5. The molecule has 0 saturated carbocycles. The molecule has 6 heteroatoms. The van der Waals surface area contributed by atoms with Crippen LogP contribution in [0.5, 0.6) is 0 Å². The lowest BCUT2D eigenvalue weighted by molar-refractivity contribution is 0.0995. The number of aromatic nitrogens is 3. The summed E-state index contributed by atoms with van der Waals surface area (Å²) in [7, 11) is 0. The zero-order valence-electron chi connectivity index (χ0n) is 7.72. The normalized spacial score (nSPS) is 8.87. The van der Waals surface area contributed by atoms with Crippen molar-refractivity contribution in [1.82, 2.24) is 15.2 Å². The maximum atomic E-state index is 10.2. The highest BCUT2D eigenvalue weighted by Crippen LogP contribution is 2.00. The topological polar surface area (TPSA) is 84.7 Å². The fourth-order valence-corrected chi connectivity index (χ4v) is 0.864. The summed E-state index contributed by atoms with van der Waals surface area (Å²) < 4.78 is 0. The second-order valence-electron chi connectivity index (χ2n) is 2.51. The second kappa shape index (κ2) is 5.77. The maximum absolute atomic E-state index is 10.2. The molecule has 3 N–H and O–H groups in total. The number of primary amides is 1. The first kappa shape index (κ1) is 11.2. The van der Waals surface area contributed by atoms with Gasteiger partial charge >= 0.3 is 0 Å². The molecule has 0 aliphatic heterocycles. The van der Waals surface area contributed by atoms with Crippen LogP contribution in [0.4, 0.5) is 0 Å². The number of nitrogens with one attached hydrogen (secondary N) is 1. The molecule has 2 rings (SSSR count). The number of carbonyl (C=O) groups excluding carboxylic acids is 1. The average Bonchev–Trinajstić information content (AvgIpc) is 2.72. The molecule has 2 heterocycles. The third-order valence-corrected chi connectivity index (χ3v) is 1.62. The van der Waals surface area contributed by atoms with Crippen LogP contribution >= 0.6 is 11.6 Å². The largest absolute Gasteiger partial charge is 0.364 e. The number of halogens is 1. The zero-order chi connectivity index (χ0) is 11.1. The van der Waals surface area contributed by atoms with Crippen molar-refractivity contribution in [2.24, 2.45) is 5.73 Å². The molecule has 2 aromatic rings. The van der Waals surface area contributed by atoms with E-state index in [1.54, 1.807) is 24.5 Å². The maximum Gasteiger partial charge on any atom is 0.266 e. The molecule has 0 saturated heterocycles. The number of nitrogens with zero attached hydrogens (tertiary/aromatic N) is 2. The van der Waals surface area contributed by atoms with Gasteiger partial charge in [0.05, 0.1) is 5.02 Å². The summed E-state index contributed by atoms with van der Waals surface area (Å²) in [5.74, 6) is -0.484. The van der Waals surface area contributed by atoms with E-state index in [4.69, 9.17) is 17.3 Å². The molecule has 78 valence electrons. The monoisotopic (exact) mass is 224 g/mol. The minimum Gasteiger partial charge on any atom is -0.364 e. The summed E-state index contributed by atoms with van der Waals surface area (Å²) >= 11 is 5.48. The molecule has 5 nitrogen and oxygen atoms in total. The molecule has 0 bridgehead atoms. The molecular weight excluding hydrogens is 216 g/mol. The van der Waals surface area contributed by atoms with Crippen LogP contribution in [-0.4, -0.2) is 21.1 Å². The molecular formula is C9H9ClN4O. The summed E-state index contributed by atoms with van der Waals surface area (Å²) in [6.45, 7) is 0. The number of nitrogens with two attached hydrogens (primary N) is 1. The van der Waals surface area contributed by atoms with E-state index in [1.165, 1.54) is 12.3 Å². The number of pyridine rings is 1. The van der Waals surface area contributed by atoms with Crippen LogP contribution in [0.25, 0.3) is 0 Å². The van der Waals surface area contributed by atoms with Gasteiger partial charge in [0.25, 0.3) is 5.91 Å². The summed E-state index contributed by atoms with van der Waals surface area (Å²) in [5, 5.41) is 6.61. The number of hydrogen-bond acceptors (Lipinski definition) is 3. The Bertz CT molecular complexity index is 401. The lowest BCUT2D eigenvalue weighted by Crippen LogP contribution is -2.10. The lowest BCUT2D eigenvalue weighted by Gasteiger charge is -1.80. The minimum atomic E-state index is -0.484. The molecule has 2 aromatic heterocycles. The highest BCUT2D eigenvalue weighted by Gasteiger charge is 1.96. The second-order valence-corrected chi connectivity index (χ2v) is 2.94.